The van der Waals surface area contributed by atoms with Crippen molar-refractivity contribution >= 4 is 16.4 Å². The SMILES string of the molecule is CC[C@]1(C(=O)O)OS(=O)(=O)O[C@@H]1c1ccccc1. The lowest BCUT2D eigenvalue weighted by Gasteiger charge is -2.24. The molecule has 2 atom stereocenters. The standard InChI is InChI=1S/C11H12O6S/c1-2-11(10(12)13)9(16-18(14,15)17-11)8-6-4-3-5-7-8/h3-7,9H,2H2,1H3,(H,12,13)/t9-,11+/m1/s1. The molecule has 0 saturated carbocycles. The molecule has 1 N–H and O–H groups in total. The summed E-state index contributed by atoms with van der Waals surface area (Å²) < 4.78 is 32.2. The highest BCUT2D eigenvalue weighted by Crippen LogP contribution is 2.44. The lowest BCUT2D eigenvalue weighted by atomic mass is 9.89. The fourth-order valence-corrected chi connectivity index (χ4v) is 3.12. The van der Waals surface area contributed by atoms with Gasteiger partial charge in [-0.1, -0.05) is 37.3 Å². The molecular weight excluding hydrogens is 260 g/mol. The van der Waals surface area contributed by atoms with E-state index in [4.69, 9.17) is 4.18 Å². The minimum atomic E-state index is -4.29. The molecule has 1 fully saturated rings. The van der Waals surface area contributed by atoms with Gasteiger partial charge in [0.25, 0.3) is 0 Å². The molecule has 0 bridgehead atoms. The Balaban J connectivity index is 2.53. The van der Waals surface area contributed by atoms with E-state index in [-0.39, 0.29) is 6.42 Å². The van der Waals surface area contributed by atoms with Gasteiger partial charge in [-0.15, -0.1) is 0 Å². The first-order valence-corrected chi connectivity index (χ1v) is 6.67. The monoisotopic (exact) mass is 272 g/mol. The minimum Gasteiger partial charge on any atom is -0.479 e. The van der Waals surface area contributed by atoms with Crippen LogP contribution in [-0.2, 0) is 23.6 Å². The second-order valence-electron chi connectivity index (χ2n) is 3.93. The summed E-state index contributed by atoms with van der Waals surface area (Å²) >= 11 is 0. The molecule has 0 spiro atoms. The lowest BCUT2D eigenvalue weighted by molar-refractivity contribution is -0.158. The molecule has 2 rings (SSSR count). The van der Waals surface area contributed by atoms with E-state index in [1.54, 1.807) is 30.3 Å². The van der Waals surface area contributed by atoms with Gasteiger partial charge in [0.1, 0.15) is 6.10 Å². The van der Waals surface area contributed by atoms with Gasteiger partial charge in [-0.2, -0.15) is 8.42 Å². The largest absolute Gasteiger partial charge is 0.479 e. The molecule has 1 heterocycles. The average molecular weight is 272 g/mol. The number of benzene rings is 1. The van der Waals surface area contributed by atoms with E-state index < -0.39 is 28.1 Å². The van der Waals surface area contributed by atoms with Crippen LogP contribution in [0.5, 0.6) is 0 Å². The third kappa shape index (κ3) is 2.00. The Hall–Kier alpha value is -1.44. The second-order valence-corrected chi connectivity index (χ2v) is 5.10. The highest BCUT2D eigenvalue weighted by atomic mass is 32.3. The Morgan fingerprint density at radius 3 is 2.50 bits per heavy atom. The van der Waals surface area contributed by atoms with Crippen LogP contribution in [0.3, 0.4) is 0 Å². The first kappa shape index (κ1) is 13.0. The molecule has 0 unspecified atom stereocenters. The van der Waals surface area contributed by atoms with Gasteiger partial charge >= 0.3 is 16.4 Å². The zero-order chi connectivity index (χ0) is 13.4. The fourth-order valence-electron chi connectivity index (χ4n) is 1.94. The third-order valence-electron chi connectivity index (χ3n) is 2.88. The summed E-state index contributed by atoms with van der Waals surface area (Å²) in [6.07, 6.45) is -1.20. The topological polar surface area (TPSA) is 89.9 Å². The number of aliphatic carboxylic acids is 1. The molecule has 0 aliphatic carbocycles. The van der Waals surface area contributed by atoms with E-state index >= 15 is 0 Å². The Labute approximate surface area is 104 Å². The summed E-state index contributed by atoms with van der Waals surface area (Å²) in [5.74, 6) is -1.36. The van der Waals surface area contributed by atoms with Crippen LogP contribution in [-0.4, -0.2) is 25.1 Å². The molecule has 98 valence electrons. The van der Waals surface area contributed by atoms with Crippen molar-refractivity contribution in [2.75, 3.05) is 0 Å². The molecular formula is C11H12O6S. The Kier molecular flexibility index (Phi) is 3.14. The first-order valence-electron chi connectivity index (χ1n) is 5.33. The Morgan fingerprint density at radius 1 is 1.39 bits per heavy atom. The molecule has 7 heteroatoms. The van der Waals surface area contributed by atoms with E-state index in [0.717, 1.165) is 0 Å². The van der Waals surface area contributed by atoms with Gasteiger partial charge < -0.3 is 5.11 Å². The maximum Gasteiger partial charge on any atom is 0.401 e. The second kappa shape index (κ2) is 4.34. The van der Waals surface area contributed by atoms with Gasteiger partial charge in [0, 0.05) is 0 Å². The average Bonchev–Trinajstić information content (AvgIpc) is 2.63. The van der Waals surface area contributed by atoms with Crippen molar-refractivity contribution in [2.24, 2.45) is 0 Å². The van der Waals surface area contributed by atoms with Gasteiger partial charge in [-0.05, 0) is 12.0 Å². The van der Waals surface area contributed by atoms with Crippen LogP contribution in [0.25, 0.3) is 0 Å². The predicted molar refractivity (Wildman–Crippen MR) is 60.9 cm³/mol. The lowest BCUT2D eigenvalue weighted by Crippen LogP contribution is -2.42. The zero-order valence-corrected chi connectivity index (χ0v) is 10.4. The van der Waals surface area contributed by atoms with Crippen molar-refractivity contribution in [2.45, 2.75) is 25.0 Å². The molecule has 18 heavy (non-hydrogen) atoms. The van der Waals surface area contributed by atoms with Crippen molar-refractivity contribution in [1.29, 1.82) is 0 Å². The minimum absolute atomic E-state index is 0.0267. The van der Waals surface area contributed by atoms with Crippen molar-refractivity contribution in [3.8, 4) is 0 Å². The van der Waals surface area contributed by atoms with Crippen LogP contribution >= 0.6 is 0 Å². The van der Waals surface area contributed by atoms with Crippen LogP contribution in [0.1, 0.15) is 25.0 Å². The van der Waals surface area contributed by atoms with Crippen LogP contribution in [0.4, 0.5) is 0 Å². The first-order chi connectivity index (χ1) is 8.41. The van der Waals surface area contributed by atoms with Crippen LogP contribution in [0.15, 0.2) is 30.3 Å². The van der Waals surface area contributed by atoms with Gasteiger partial charge in [0.2, 0.25) is 5.60 Å². The number of rotatable bonds is 3. The van der Waals surface area contributed by atoms with Crippen molar-refractivity contribution < 1.29 is 26.7 Å². The maximum absolute atomic E-state index is 11.4. The summed E-state index contributed by atoms with van der Waals surface area (Å²) in [6.45, 7) is 1.54. The van der Waals surface area contributed by atoms with E-state index in [1.165, 1.54) is 6.92 Å². The summed E-state index contributed by atoms with van der Waals surface area (Å²) in [7, 11) is -4.29. The normalized spacial score (nSPS) is 30.2. The number of carboxylic acid groups (broad SMARTS) is 1. The van der Waals surface area contributed by atoms with Gasteiger partial charge in [-0.25, -0.2) is 13.2 Å². The Bertz CT molecular complexity index is 552. The smallest absolute Gasteiger partial charge is 0.401 e. The van der Waals surface area contributed by atoms with E-state index in [0.29, 0.717) is 5.56 Å². The van der Waals surface area contributed by atoms with Crippen LogP contribution in [0, 0.1) is 0 Å². The number of carboxylic acids is 1. The molecule has 1 aromatic rings. The van der Waals surface area contributed by atoms with Crippen LogP contribution < -0.4 is 0 Å². The summed E-state index contributed by atoms with van der Waals surface area (Å²) in [5.41, 5.74) is -1.46. The predicted octanol–water partition coefficient (Wildman–Crippen LogP) is 1.25. The van der Waals surface area contributed by atoms with E-state index in [9.17, 15) is 18.3 Å². The number of carbonyl (C=O) groups is 1. The Morgan fingerprint density at radius 2 is 2.00 bits per heavy atom. The quantitative estimate of drug-likeness (QED) is 0.890. The molecule has 1 aliphatic heterocycles. The summed E-state index contributed by atoms with van der Waals surface area (Å²) in [4.78, 5) is 11.4. The third-order valence-corrected chi connectivity index (χ3v) is 3.81. The fraction of sp³-hybridized carbons (Fsp3) is 0.364. The van der Waals surface area contributed by atoms with Gasteiger partial charge in [0.05, 0.1) is 0 Å². The van der Waals surface area contributed by atoms with Gasteiger partial charge in [0.15, 0.2) is 0 Å². The van der Waals surface area contributed by atoms with Crippen molar-refractivity contribution in [3.63, 3.8) is 0 Å². The summed E-state index contributed by atoms with van der Waals surface area (Å²) in [6, 6.07) is 8.28. The van der Waals surface area contributed by atoms with Gasteiger partial charge in [-0.3, -0.25) is 0 Å². The molecule has 1 aromatic carbocycles. The maximum atomic E-state index is 11.4. The molecule has 1 aliphatic rings. The summed E-state index contributed by atoms with van der Waals surface area (Å²) in [5, 5.41) is 9.26. The highest BCUT2D eigenvalue weighted by Gasteiger charge is 2.58. The zero-order valence-electron chi connectivity index (χ0n) is 9.57. The van der Waals surface area contributed by atoms with Crippen LogP contribution in [0.2, 0.25) is 0 Å². The van der Waals surface area contributed by atoms with E-state index in [1.807, 2.05) is 0 Å². The van der Waals surface area contributed by atoms with Crippen molar-refractivity contribution in [1.82, 2.24) is 0 Å². The molecule has 0 radical (unpaired) electrons. The highest BCUT2D eigenvalue weighted by molar-refractivity contribution is 7.82. The molecule has 6 nitrogen and oxygen atoms in total. The number of hydrogen-bond acceptors (Lipinski definition) is 5. The molecule has 0 amide bonds. The number of hydrogen-bond donors (Lipinski definition) is 1. The van der Waals surface area contributed by atoms with Crippen molar-refractivity contribution in [3.05, 3.63) is 35.9 Å². The molecule has 0 aromatic heterocycles. The van der Waals surface area contributed by atoms with E-state index in [2.05, 4.69) is 4.18 Å². The molecule has 1 saturated heterocycles.